The van der Waals surface area contributed by atoms with Crippen molar-refractivity contribution in [3.8, 4) is 0 Å². The van der Waals surface area contributed by atoms with E-state index in [1.807, 2.05) is 13.0 Å². The molecule has 0 aromatic heterocycles. The van der Waals surface area contributed by atoms with Crippen molar-refractivity contribution in [1.82, 2.24) is 0 Å². The fourth-order valence-corrected chi connectivity index (χ4v) is 1.42. The number of allylic oxidation sites excluding steroid dienone is 1. The molecule has 0 saturated carbocycles. The molecule has 14 heavy (non-hydrogen) atoms. The molecule has 84 valence electrons. The summed E-state index contributed by atoms with van der Waals surface area (Å²) < 4.78 is 0. The van der Waals surface area contributed by atoms with E-state index in [0.29, 0.717) is 0 Å². The van der Waals surface area contributed by atoms with Crippen LogP contribution in [-0.4, -0.2) is 22.4 Å². The van der Waals surface area contributed by atoms with Gasteiger partial charge in [-0.15, -0.1) is 6.58 Å². The zero-order valence-corrected chi connectivity index (χ0v) is 9.28. The van der Waals surface area contributed by atoms with Crippen molar-refractivity contribution >= 4 is 0 Å². The minimum Gasteiger partial charge on any atom is -0.393 e. The first-order chi connectivity index (χ1) is 6.70. The van der Waals surface area contributed by atoms with Gasteiger partial charge in [-0.05, 0) is 32.1 Å². The monoisotopic (exact) mass is 200 g/mol. The first-order valence-electron chi connectivity index (χ1n) is 5.67. The van der Waals surface area contributed by atoms with E-state index in [2.05, 4.69) is 6.58 Å². The fourth-order valence-electron chi connectivity index (χ4n) is 1.42. The zero-order valence-electron chi connectivity index (χ0n) is 9.28. The van der Waals surface area contributed by atoms with Crippen LogP contribution in [0.1, 0.15) is 51.9 Å². The highest BCUT2D eigenvalue weighted by Gasteiger charge is 2.04. The topological polar surface area (TPSA) is 40.5 Å². The Morgan fingerprint density at radius 3 is 2.14 bits per heavy atom. The number of hydrogen-bond acceptors (Lipinski definition) is 2. The Hall–Kier alpha value is -0.340. The van der Waals surface area contributed by atoms with Crippen molar-refractivity contribution in [3.05, 3.63) is 12.7 Å². The van der Waals surface area contributed by atoms with Crippen LogP contribution in [0.15, 0.2) is 12.7 Å². The maximum atomic E-state index is 9.49. The molecule has 0 amide bonds. The Labute approximate surface area is 87.7 Å². The highest BCUT2D eigenvalue weighted by molar-refractivity contribution is 4.69. The van der Waals surface area contributed by atoms with Gasteiger partial charge >= 0.3 is 0 Å². The normalized spacial score (nSPS) is 15.1. The predicted molar refractivity (Wildman–Crippen MR) is 60.2 cm³/mol. The third-order valence-electron chi connectivity index (χ3n) is 2.50. The molecular formula is C12H24O2. The first kappa shape index (κ1) is 13.7. The lowest BCUT2D eigenvalue weighted by Crippen LogP contribution is -2.07. The second kappa shape index (κ2) is 9.22. The summed E-state index contributed by atoms with van der Waals surface area (Å²) >= 11 is 0. The lowest BCUT2D eigenvalue weighted by Gasteiger charge is -2.10. The van der Waals surface area contributed by atoms with Gasteiger partial charge < -0.3 is 10.2 Å². The standard InChI is InChI=1S/C12H24O2/c1-3-5-8-12(14)10-7-6-9-11(13)4-2/h3,11-14H,1,4-10H2,2H3. The maximum absolute atomic E-state index is 9.49. The van der Waals surface area contributed by atoms with E-state index < -0.39 is 0 Å². The third-order valence-corrected chi connectivity index (χ3v) is 2.50. The lowest BCUT2D eigenvalue weighted by molar-refractivity contribution is 0.138. The van der Waals surface area contributed by atoms with E-state index in [4.69, 9.17) is 0 Å². The summed E-state index contributed by atoms with van der Waals surface area (Å²) in [5.41, 5.74) is 0. The average Bonchev–Trinajstić information content (AvgIpc) is 2.21. The summed E-state index contributed by atoms with van der Waals surface area (Å²) in [5.74, 6) is 0. The first-order valence-corrected chi connectivity index (χ1v) is 5.67. The summed E-state index contributed by atoms with van der Waals surface area (Å²) in [7, 11) is 0. The van der Waals surface area contributed by atoms with E-state index in [0.717, 1.165) is 44.9 Å². The Kier molecular flexibility index (Phi) is 9.00. The molecule has 2 atom stereocenters. The van der Waals surface area contributed by atoms with Crippen molar-refractivity contribution in [2.45, 2.75) is 64.1 Å². The maximum Gasteiger partial charge on any atom is 0.0543 e. The molecule has 0 bridgehead atoms. The van der Waals surface area contributed by atoms with Gasteiger partial charge in [0, 0.05) is 0 Å². The second-order valence-electron chi connectivity index (χ2n) is 3.87. The van der Waals surface area contributed by atoms with Crippen molar-refractivity contribution < 1.29 is 10.2 Å². The number of aliphatic hydroxyl groups is 2. The van der Waals surface area contributed by atoms with Crippen LogP contribution in [0.5, 0.6) is 0 Å². The average molecular weight is 200 g/mol. The van der Waals surface area contributed by atoms with E-state index in [-0.39, 0.29) is 12.2 Å². The molecule has 2 unspecified atom stereocenters. The molecule has 2 nitrogen and oxygen atoms in total. The number of unbranched alkanes of at least 4 members (excludes halogenated alkanes) is 1. The Morgan fingerprint density at radius 1 is 1.07 bits per heavy atom. The minimum atomic E-state index is -0.188. The van der Waals surface area contributed by atoms with Gasteiger partial charge in [-0.25, -0.2) is 0 Å². The molecule has 0 spiro atoms. The SMILES string of the molecule is C=CCCC(O)CCCCC(O)CC. The van der Waals surface area contributed by atoms with Gasteiger partial charge in [0.15, 0.2) is 0 Å². The van der Waals surface area contributed by atoms with E-state index in [1.165, 1.54) is 0 Å². The summed E-state index contributed by atoms with van der Waals surface area (Å²) in [6.45, 7) is 5.61. The summed E-state index contributed by atoms with van der Waals surface area (Å²) in [6.07, 6.45) is 7.78. The van der Waals surface area contributed by atoms with Crippen LogP contribution in [0.2, 0.25) is 0 Å². The van der Waals surface area contributed by atoms with Crippen LogP contribution in [0.4, 0.5) is 0 Å². The van der Waals surface area contributed by atoms with E-state index >= 15 is 0 Å². The van der Waals surface area contributed by atoms with Gasteiger partial charge in [0.2, 0.25) is 0 Å². The largest absolute Gasteiger partial charge is 0.393 e. The molecule has 0 heterocycles. The molecule has 2 N–H and O–H groups in total. The number of hydrogen-bond donors (Lipinski definition) is 2. The molecular weight excluding hydrogens is 176 g/mol. The molecule has 0 aromatic carbocycles. The molecule has 0 aliphatic rings. The highest BCUT2D eigenvalue weighted by atomic mass is 16.3. The molecule has 0 aliphatic heterocycles. The van der Waals surface area contributed by atoms with Crippen LogP contribution in [0, 0.1) is 0 Å². The number of rotatable bonds is 9. The van der Waals surface area contributed by atoms with Crippen LogP contribution < -0.4 is 0 Å². The summed E-state index contributed by atoms with van der Waals surface area (Å²) in [5, 5.41) is 18.8. The Bertz CT molecular complexity index is 134. The van der Waals surface area contributed by atoms with Gasteiger partial charge in [-0.3, -0.25) is 0 Å². The quantitative estimate of drug-likeness (QED) is 0.444. The van der Waals surface area contributed by atoms with Crippen LogP contribution in [0.25, 0.3) is 0 Å². The van der Waals surface area contributed by atoms with Crippen LogP contribution >= 0.6 is 0 Å². The highest BCUT2D eigenvalue weighted by Crippen LogP contribution is 2.10. The lowest BCUT2D eigenvalue weighted by atomic mass is 10.0. The predicted octanol–water partition coefficient (Wildman–Crippen LogP) is 2.64. The molecule has 0 radical (unpaired) electrons. The van der Waals surface area contributed by atoms with Gasteiger partial charge in [0.05, 0.1) is 12.2 Å². The number of aliphatic hydroxyl groups excluding tert-OH is 2. The molecule has 0 aromatic rings. The van der Waals surface area contributed by atoms with Gasteiger partial charge in [-0.1, -0.05) is 25.8 Å². The molecule has 0 rings (SSSR count). The third kappa shape index (κ3) is 8.27. The van der Waals surface area contributed by atoms with E-state index in [1.54, 1.807) is 0 Å². The summed E-state index contributed by atoms with van der Waals surface area (Å²) in [6, 6.07) is 0. The second-order valence-corrected chi connectivity index (χ2v) is 3.87. The van der Waals surface area contributed by atoms with Crippen LogP contribution in [-0.2, 0) is 0 Å². The van der Waals surface area contributed by atoms with Crippen molar-refractivity contribution in [1.29, 1.82) is 0 Å². The van der Waals surface area contributed by atoms with Gasteiger partial charge in [0.25, 0.3) is 0 Å². The van der Waals surface area contributed by atoms with Crippen molar-refractivity contribution in [2.75, 3.05) is 0 Å². The van der Waals surface area contributed by atoms with Gasteiger partial charge in [0.1, 0.15) is 0 Å². The van der Waals surface area contributed by atoms with Crippen molar-refractivity contribution in [3.63, 3.8) is 0 Å². The van der Waals surface area contributed by atoms with Crippen molar-refractivity contribution in [2.24, 2.45) is 0 Å². The Morgan fingerprint density at radius 2 is 1.64 bits per heavy atom. The minimum absolute atomic E-state index is 0.152. The Balaban J connectivity index is 3.22. The fraction of sp³-hybridized carbons (Fsp3) is 0.833. The van der Waals surface area contributed by atoms with E-state index in [9.17, 15) is 10.2 Å². The van der Waals surface area contributed by atoms with Gasteiger partial charge in [-0.2, -0.15) is 0 Å². The molecule has 2 heteroatoms. The zero-order chi connectivity index (χ0) is 10.8. The molecule has 0 aliphatic carbocycles. The van der Waals surface area contributed by atoms with Crippen LogP contribution in [0.3, 0.4) is 0 Å². The molecule has 0 fully saturated rings. The summed E-state index contributed by atoms with van der Waals surface area (Å²) in [4.78, 5) is 0. The smallest absolute Gasteiger partial charge is 0.0543 e. The molecule has 0 saturated heterocycles.